The predicted molar refractivity (Wildman–Crippen MR) is 76.9 cm³/mol. The Kier molecular flexibility index (Phi) is 10.1. The van der Waals surface area contributed by atoms with Gasteiger partial charge < -0.3 is 4.43 Å². The van der Waals surface area contributed by atoms with E-state index in [0.717, 1.165) is 13.1 Å². The fraction of sp³-hybridized carbons (Fsp3) is 1.00. The molecule has 0 unspecified atom stereocenters. The van der Waals surface area contributed by atoms with Gasteiger partial charge in [0.25, 0.3) is 0 Å². The van der Waals surface area contributed by atoms with Crippen molar-refractivity contribution in [3.05, 3.63) is 0 Å². The van der Waals surface area contributed by atoms with Crippen LogP contribution >= 0.6 is 0 Å². The molecule has 0 heterocycles. The lowest BCUT2D eigenvalue weighted by Crippen LogP contribution is -2.74. The summed E-state index contributed by atoms with van der Waals surface area (Å²) in [6.07, 6.45) is 5.02. The minimum absolute atomic E-state index is 0.234. The number of hydrogen-bond donors (Lipinski definition) is 3. The third kappa shape index (κ3) is 7.89. The molecule has 0 bridgehead atoms. The lowest BCUT2D eigenvalue weighted by atomic mass is 10.3. The maximum absolute atomic E-state index is 6.09. The van der Waals surface area contributed by atoms with Crippen LogP contribution in [0.4, 0.5) is 0 Å². The second-order valence-corrected chi connectivity index (χ2v) is 7.46. The molecule has 0 aliphatic carbocycles. The average Bonchev–Trinajstić information content (AvgIpc) is 2.28. The maximum atomic E-state index is 6.09. The molecule has 0 saturated carbocycles. The van der Waals surface area contributed by atoms with Crippen LogP contribution < -0.4 is 14.9 Å². The van der Waals surface area contributed by atoms with E-state index in [9.17, 15) is 0 Å². The highest BCUT2D eigenvalue weighted by Crippen LogP contribution is 2.00. The van der Waals surface area contributed by atoms with Crippen LogP contribution in [0.5, 0.6) is 0 Å². The molecule has 0 aromatic rings. The van der Waals surface area contributed by atoms with E-state index in [1.807, 2.05) is 7.05 Å². The Morgan fingerprint density at radius 3 is 1.76 bits per heavy atom. The summed E-state index contributed by atoms with van der Waals surface area (Å²) in [6, 6.07) is 0. The number of rotatable bonds is 11. The van der Waals surface area contributed by atoms with Gasteiger partial charge in [-0.15, -0.1) is 0 Å². The molecular weight excluding hydrogens is 230 g/mol. The Morgan fingerprint density at radius 2 is 1.47 bits per heavy atom. The van der Waals surface area contributed by atoms with Crippen molar-refractivity contribution in [2.24, 2.45) is 0 Å². The van der Waals surface area contributed by atoms with Crippen molar-refractivity contribution >= 4 is 8.80 Å². The van der Waals surface area contributed by atoms with Gasteiger partial charge in [-0.1, -0.05) is 26.7 Å². The summed E-state index contributed by atoms with van der Waals surface area (Å²) in [6.45, 7) is 10.6. The summed E-state index contributed by atoms with van der Waals surface area (Å²) in [5.74, 6) is 0. The zero-order valence-corrected chi connectivity index (χ0v) is 13.2. The Hall–Kier alpha value is 0.0569. The van der Waals surface area contributed by atoms with Gasteiger partial charge in [-0.2, -0.15) is 0 Å². The van der Waals surface area contributed by atoms with Gasteiger partial charge in [0.1, 0.15) is 0 Å². The first-order chi connectivity index (χ1) is 8.10. The van der Waals surface area contributed by atoms with Crippen molar-refractivity contribution in [3.63, 3.8) is 0 Å². The highest BCUT2D eigenvalue weighted by atomic mass is 28.4. The fourth-order valence-corrected chi connectivity index (χ4v) is 4.15. The molecule has 17 heavy (non-hydrogen) atoms. The molecule has 3 N–H and O–H groups in total. The molecule has 0 aliphatic rings. The van der Waals surface area contributed by atoms with Crippen LogP contribution in [0.25, 0.3) is 0 Å². The molecule has 0 amide bonds. The van der Waals surface area contributed by atoms with Gasteiger partial charge in [0.2, 0.25) is 0 Å². The topological polar surface area (TPSA) is 45.3 Å². The molecule has 0 radical (unpaired) electrons. The molecule has 4 nitrogen and oxygen atoms in total. The van der Waals surface area contributed by atoms with Crippen molar-refractivity contribution in [1.82, 2.24) is 14.9 Å². The standard InChI is InChI=1S/C12H31N3OSi/c1-6-8-10-14-17(13-5,16-12(3)4)15-11-9-7-2/h12-15H,6-11H2,1-5H3. The lowest BCUT2D eigenvalue weighted by Gasteiger charge is -2.33. The summed E-state index contributed by atoms with van der Waals surface area (Å²) in [5.41, 5.74) is 0. The quantitative estimate of drug-likeness (QED) is 0.392. The van der Waals surface area contributed by atoms with Crippen LogP contribution in [0.1, 0.15) is 53.4 Å². The monoisotopic (exact) mass is 261 g/mol. The number of nitrogens with one attached hydrogen (secondary N) is 3. The number of unbranched alkanes of at least 4 members (excludes halogenated alkanes) is 2. The Morgan fingerprint density at radius 1 is 1.00 bits per heavy atom. The Bertz CT molecular complexity index is 169. The molecular formula is C12H31N3OSi. The average molecular weight is 261 g/mol. The van der Waals surface area contributed by atoms with Gasteiger partial charge in [0.15, 0.2) is 0 Å². The molecule has 0 spiro atoms. The first-order valence-corrected chi connectivity index (χ1v) is 8.87. The molecule has 0 rings (SSSR count). The van der Waals surface area contributed by atoms with Crippen molar-refractivity contribution in [2.75, 3.05) is 20.1 Å². The van der Waals surface area contributed by atoms with E-state index in [0.29, 0.717) is 0 Å². The predicted octanol–water partition coefficient (Wildman–Crippen LogP) is 1.85. The van der Waals surface area contributed by atoms with Gasteiger partial charge in [0, 0.05) is 6.10 Å². The van der Waals surface area contributed by atoms with Crippen molar-refractivity contribution in [1.29, 1.82) is 0 Å². The number of hydrogen-bond acceptors (Lipinski definition) is 4. The molecule has 0 fully saturated rings. The molecule has 0 aromatic carbocycles. The van der Waals surface area contributed by atoms with Crippen molar-refractivity contribution in [3.8, 4) is 0 Å². The molecule has 0 atom stereocenters. The summed E-state index contributed by atoms with van der Waals surface area (Å²) < 4.78 is 6.09. The minimum atomic E-state index is -2.16. The van der Waals surface area contributed by atoms with Crippen molar-refractivity contribution in [2.45, 2.75) is 59.5 Å². The van der Waals surface area contributed by atoms with Crippen LogP contribution in [0.3, 0.4) is 0 Å². The van der Waals surface area contributed by atoms with E-state index >= 15 is 0 Å². The highest BCUT2D eigenvalue weighted by molar-refractivity contribution is 6.66. The van der Waals surface area contributed by atoms with E-state index in [4.69, 9.17) is 4.43 Å². The normalized spacial score (nSPS) is 12.4. The van der Waals surface area contributed by atoms with Crippen LogP contribution in [0, 0.1) is 0 Å². The maximum Gasteiger partial charge on any atom is 0.440 e. The second kappa shape index (κ2) is 10.0. The van der Waals surface area contributed by atoms with Crippen molar-refractivity contribution < 1.29 is 4.43 Å². The smallest absolute Gasteiger partial charge is 0.378 e. The van der Waals surface area contributed by atoms with Gasteiger partial charge >= 0.3 is 8.80 Å². The van der Waals surface area contributed by atoms with E-state index in [-0.39, 0.29) is 6.10 Å². The first-order valence-electron chi connectivity index (χ1n) is 6.97. The van der Waals surface area contributed by atoms with E-state index < -0.39 is 8.80 Å². The minimum Gasteiger partial charge on any atom is -0.378 e. The van der Waals surface area contributed by atoms with Gasteiger partial charge in [-0.3, -0.25) is 14.9 Å². The first kappa shape index (κ1) is 17.1. The van der Waals surface area contributed by atoms with E-state index in [2.05, 4.69) is 42.6 Å². The molecule has 0 saturated heterocycles. The SMILES string of the molecule is CCCCN[Si](NC)(NCCCC)OC(C)C. The molecule has 0 aliphatic heterocycles. The van der Waals surface area contributed by atoms with Crippen LogP contribution in [-0.2, 0) is 4.43 Å². The largest absolute Gasteiger partial charge is 0.440 e. The van der Waals surface area contributed by atoms with Gasteiger partial charge in [-0.05, 0) is 46.8 Å². The van der Waals surface area contributed by atoms with Gasteiger partial charge in [-0.25, -0.2) is 0 Å². The Labute approximate surface area is 108 Å². The summed E-state index contributed by atoms with van der Waals surface area (Å²) in [7, 11) is -0.178. The second-order valence-electron chi connectivity index (χ2n) is 4.66. The van der Waals surface area contributed by atoms with Crippen LogP contribution in [0.15, 0.2) is 0 Å². The lowest BCUT2D eigenvalue weighted by molar-refractivity contribution is 0.203. The summed E-state index contributed by atoms with van der Waals surface area (Å²) in [4.78, 5) is 10.5. The molecule has 104 valence electrons. The third-order valence-corrected chi connectivity index (χ3v) is 5.60. The van der Waals surface area contributed by atoms with Gasteiger partial charge in [0.05, 0.1) is 0 Å². The van der Waals surface area contributed by atoms with E-state index in [1.165, 1.54) is 25.7 Å². The van der Waals surface area contributed by atoms with Crippen LogP contribution in [-0.4, -0.2) is 35.0 Å². The van der Waals surface area contributed by atoms with Crippen LogP contribution in [0.2, 0.25) is 0 Å². The third-order valence-electron chi connectivity index (χ3n) is 2.57. The zero-order chi connectivity index (χ0) is 13.1. The molecule has 5 heteroatoms. The molecule has 0 aromatic heterocycles. The summed E-state index contributed by atoms with van der Waals surface area (Å²) in [5, 5.41) is 0. The zero-order valence-electron chi connectivity index (χ0n) is 12.2. The highest BCUT2D eigenvalue weighted by Gasteiger charge is 2.35. The fourth-order valence-electron chi connectivity index (χ4n) is 1.62. The summed E-state index contributed by atoms with van der Waals surface area (Å²) >= 11 is 0. The van der Waals surface area contributed by atoms with E-state index in [1.54, 1.807) is 0 Å². The Balaban J connectivity index is 4.28.